The molecule has 24 heavy (non-hydrogen) atoms. The van der Waals surface area contributed by atoms with Gasteiger partial charge < -0.3 is 15.4 Å². The third-order valence-corrected chi connectivity index (χ3v) is 3.33. The van der Waals surface area contributed by atoms with Gasteiger partial charge in [-0.25, -0.2) is 9.97 Å². The third-order valence-electron chi connectivity index (χ3n) is 3.33. The minimum atomic E-state index is 0.613. The molecule has 1 heterocycles. The van der Waals surface area contributed by atoms with Gasteiger partial charge in [0.1, 0.15) is 23.2 Å². The van der Waals surface area contributed by atoms with E-state index in [0.29, 0.717) is 18.2 Å². The van der Waals surface area contributed by atoms with Gasteiger partial charge in [-0.1, -0.05) is 30.3 Å². The van der Waals surface area contributed by atoms with Gasteiger partial charge in [-0.05, 0) is 38.1 Å². The Kier molecular flexibility index (Phi) is 4.91. The van der Waals surface area contributed by atoms with Crippen LogP contribution in [0.1, 0.15) is 12.7 Å². The number of aromatic nitrogens is 2. The lowest BCUT2D eigenvalue weighted by atomic mass is 10.3. The predicted molar refractivity (Wildman–Crippen MR) is 97.4 cm³/mol. The van der Waals surface area contributed by atoms with Gasteiger partial charge in [0.05, 0.1) is 12.3 Å². The summed E-state index contributed by atoms with van der Waals surface area (Å²) in [7, 11) is 0. The molecule has 2 N–H and O–H groups in total. The lowest BCUT2D eigenvalue weighted by molar-refractivity contribution is 0.342. The van der Waals surface area contributed by atoms with Crippen molar-refractivity contribution in [1.29, 1.82) is 0 Å². The highest BCUT2D eigenvalue weighted by Gasteiger charge is 2.06. The van der Waals surface area contributed by atoms with Crippen LogP contribution in [-0.4, -0.2) is 16.6 Å². The van der Waals surface area contributed by atoms with Crippen LogP contribution < -0.4 is 15.4 Å². The first kappa shape index (κ1) is 15.8. The van der Waals surface area contributed by atoms with Gasteiger partial charge in [-0.2, -0.15) is 0 Å². The summed E-state index contributed by atoms with van der Waals surface area (Å²) in [4.78, 5) is 8.89. The average molecular weight is 320 g/mol. The molecule has 2 aromatic carbocycles. The Hall–Kier alpha value is -3.08. The van der Waals surface area contributed by atoms with Gasteiger partial charge in [0.2, 0.25) is 0 Å². The molecule has 0 amide bonds. The Morgan fingerprint density at radius 3 is 2.29 bits per heavy atom. The second-order valence-electron chi connectivity index (χ2n) is 5.23. The Morgan fingerprint density at radius 2 is 1.54 bits per heavy atom. The zero-order valence-corrected chi connectivity index (χ0v) is 13.8. The minimum Gasteiger partial charge on any atom is -0.492 e. The molecular formula is C19H20N4O. The third kappa shape index (κ3) is 4.01. The van der Waals surface area contributed by atoms with Crippen LogP contribution in [-0.2, 0) is 0 Å². The van der Waals surface area contributed by atoms with E-state index in [2.05, 4.69) is 20.6 Å². The predicted octanol–water partition coefficient (Wildman–Crippen LogP) is 4.67. The highest BCUT2D eigenvalue weighted by Crippen LogP contribution is 2.27. The monoisotopic (exact) mass is 320 g/mol. The van der Waals surface area contributed by atoms with Crippen molar-refractivity contribution in [3.05, 3.63) is 66.5 Å². The molecule has 5 heteroatoms. The molecule has 0 aliphatic rings. The van der Waals surface area contributed by atoms with Crippen LogP contribution in [0.4, 0.5) is 23.0 Å². The van der Waals surface area contributed by atoms with Crippen LogP contribution in [0.5, 0.6) is 5.75 Å². The Labute approximate surface area is 141 Å². The van der Waals surface area contributed by atoms with Gasteiger partial charge in [0.25, 0.3) is 0 Å². The van der Waals surface area contributed by atoms with Gasteiger partial charge >= 0.3 is 0 Å². The van der Waals surface area contributed by atoms with Gasteiger partial charge in [-0.15, -0.1) is 0 Å². The van der Waals surface area contributed by atoms with E-state index in [1.54, 1.807) is 0 Å². The molecule has 0 aliphatic carbocycles. The van der Waals surface area contributed by atoms with Crippen LogP contribution in [0.3, 0.4) is 0 Å². The number of ether oxygens (including phenoxy) is 1. The highest BCUT2D eigenvalue weighted by molar-refractivity contribution is 5.67. The summed E-state index contributed by atoms with van der Waals surface area (Å²) in [6, 6.07) is 19.6. The van der Waals surface area contributed by atoms with Crippen molar-refractivity contribution in [3.63, 3.8) is 0 Å². The highest BCUT2D eigenvalue weighted by atomic mass is 16.5. The Morgan fingerprint density at radius 1 is 0.875 bits per heavy atom. The SMILES string of the molecule is CCOc1ccccc1Nc1cc(Nc2ccccc2)nc(C)n1. The van der Waals surface area contributed by atoms with Crippen molar-refractivity contribution in [2.24, 2.45) is 0 Å². The number of benzene rings is 2. The van der Waals surface area contributed by atoms with Crippen LogP contribution in [0.25, 0.3) is 0 Å². The molecule has 0 radical (unpaired) electrons. The smallest absolute Gasteiger partial charge is 0.142 e. The summed E-state index contributed by atoms with van der Waals surface area (Å²) in [5.41, 5.74) is 1.86. The van der Waals surface area contributed by atoms with Crippen LogP contribution in [0.15, 0.2) is 60.7 Å². The lowest BCUT2D eigenvalue weighted by Gasteiger charge is -2.13. The molecule has 0 saturated heterocycles. The molecule has 0 unspecified atom stereocenters. The quantitative estimate of drug-likeness (QED) is 0.691. The summed E-state index contributed by atoms with van der Waals surface area (Å²) in [6.45, 7) is 4.45. The average Bonchev–Trinajstić information content (AvgIpc) is 2.57. The fourth-order valence-corrected chi connectivity index (χ4v) is 2.35. The summed E-state index contributed by atoms with van der Waals surface area (Å²) in [6.07, 6.45) is 0. The molecule has 0 aliphatic heterocycles. The summed E-state index contributed by atoms with van der Waals surface area (Å²) < 4.78 is 5.64. The standard InChI is InChI=1S/C19H20N4O/c1-3-24-17-12-8-7-11-16(17)23-19-13-18(20-14(2)21-19)22-15-9-5-4-6-10-15/h4-13H,3H2,1-2H3,(H2,20,21,22,23). The maximum absolute atomic E-state index is 5.64. The molecule has 122 valence electrons. The van der Waals surface area contributed by atoms with Crippen LogP contribution in [0, 0.1) is 6.92 Å². The normalized spacial score (nSPS) is 10.2. The molecule has 0 saturated carbocycles. The van der Waals surface area contributed by atoms with E-state index in [4.69, 9.17) is 4.74 Å². The number of hydrogen-bond acceptors (Lipinski definition) is 5. The topological polar surface area (TPSA) is 59.1 Å². The van der Waals surface area contributed by atoms with Crippen LogP contribution >= 0.6 is 0 Å². The van der Waals surface area contributed by atoms with Crippen molar-refractivity contribution in [2.45, 2.75) is 13.8 Å². The summed E-state index contributed by atoms with van der Waals surface area (Å²) in [5, 5.41) is 6.60. The number of hydrogen-bond donors (Lipinski definition) is 2. The number of para-hydroxylation sites is 3. The fraction of sp³-hybridized carbons (Fsp3) is 0.158. The largest absolute Gasteiger partial charge is 0.492 e. The number of nitrogens with zero attached hydrogens (tertiary/aromatic N) is 2. The Balaban J connectivity index is 1.84. The van der Waals surface area contributed by atoms with E-state index in [9.17, 15) is 0 Å². The molecule has 5 nitrogen and oxygen atoms in total. The van der Waals surface area contributed by atoms with Crippen molar-refractivity contribution < 1.29 is 4.74 Å². The van der Waals surface area contributed by atoms with Crippen LogP contribution in [0.2, 0.25) is 0 Å². The Bertz CT molecular complexity index is 805. The molecule has 1 aromatic heterocycles. The summed E-state index contributed by atoms with van der Waals surface area (Å²) in [5.74, 6) is 2.94. The molecule has 3 rings (SSSR count). The van der Waals surface area contributed by atoms with E-state index < -0.39 is 0 Å². The number of rotatable bonds is 6. The zero-order chi connectivity index (χ0) is 16.8. The van der Waals surface area contributed by atoms with E-state index in [0.717, 1.165) is 22.9 Å². The van der Waals surface area contributed by atoms with E-state index >= 15 is 0 Å². The first-order chi connectivity index (χ1) is 11.7. The fourth-order valence-electron chi connectivity index (χ4n) is 2.35. The first-order valence-electron chi connectivity index (χ1n) is 7.91. The van der Waals surface area contributed by atoms with Gasteiger partial charge in [0, 0.05) is 11.8 Å². The van der Waals surface area contributed by atoms with E-state index in [1.807, 2.05) is 74.5 Å². The number of aryl methyl sites for hydroxylation is 1. The number of anilines is 4. The van der Waals surface area contributed by atoms with Gasteiger partial charge in [-0.3, -0.25) is 0 Å². The van der Waals surface area contributed by atoms with Crippen molar-refractivity contribution in [3.8, 4) is 5.75 Å². The van der Waals surface area contributed by atoms with Crippen molar-refractivity contribution in [2.75, 3.05) is 17.2 Å². The second-order valence-corrected chi connectivity index (χ2v) is 5.23. The molecule has 0 atom stereocenters. The summed E-state index contributed by atoms with van der Waals surface area (Å²) >= 11 is 0. The first-order valence-corrected chi connectivity index (χ1v) is 7.91. The minimum absolute atomic E-state index is 0.613. The van der Waals surface area contributed by atoms with E-state index in [1.165, 1.54) is 0 Å². The van der Waals surface area contributed by atoms with E-state index in [-0.39, 0.29) is 0 Å². The molecule has 0 fully saturated rings. The second kappa shape index (κ2) is 7.46. The molecule has 0 spiro atoms. The van der Waals surface area contributed by atoms with Gasteiger partial charge in [0.15, 0.2) is 0 Å². The molecule has 3 aromatic rings. The maximum atomic E-state index is 5.64. The maximum Gasteiger partial charge on any atom is 0.142 e. The molecular weight excluding hydrogens is 300 g/mol. The zero-order valence-electron chi connectivity index (χ0n) is 13.8. The van der Waals surface area contributed by atoms with Crippen molar-refractivity contribution in [1.82, 2.24) is 9.97 Å². The molecule has 0 bridgehead atoms. The number of nitrogens with one attached hydrogen (secondary N) is 2. The lowest BCUT2D eigenvalue weighted by Crippen LogP contribution is -2.03. The van der Waals surface area contributed by atoms with Crippen molar-refractivity contribution >= 4 is 23.0 Å².